The van der Waals surface area contributed by atoms with Gasteiger partial charge in [0.2, 0.25) is 11.7 Å². The van der Waals surface area contributed by atoms with Gasteiger partial charge in [0.05, 0.1) is 48.0 Å². The molecule has 0 fully saturated rings. The van der Waals surface area contributed by atoms with Gasteiger partial charge in [-0.3, -0.25) is 0 Å². The van der Waals surface area contributed by atoms with Crippen LogP contribution in [0.1, 0.15) is 5.56 Å². The Morgan fingerprint density at radius 1 is 0.972 bits per heavy atom. The quantitative estimate of drug-likeness (QED) is 0.451. The average Bonchev–Trinajstić information content (AvgIpc) is 2.84. The molecule has 0 bridgehead atoms. The summed E-state index contributed by atoms with van der Waals surface area (Å²) in [6.07, 6.45) is 0.916. The first-order valence-electron chi connectivity index (χ1n) is 10.6. The molecule has 190 valence electrons. The number of fused-ring (bicyclic) bond motifs is 1. The summed E-state index contributed by atoms with van der Waals surface area (Å²) >= 11 is 0. The first-order chi connectivity index (χ1) is 17.0. The average molecular weight is 519 g/mol. The second kappa shape index (κ2) is 9.24. The molecule has 1 amide bonds. The highest BCUT2D eigenvalue weighted by Crippen LogP contribution is 2.40. The number of likely N-dealkylation sites (N-methyl/N-ethyl adjacent to an activating group) is 1. The van der Waals surface area contributed by atoms with Crippen LogP contribution < -0.4 is 24.8 Å². The van der Waals surface area contributed by atoms with E-state index in [1.165, 1.54) is 53.6 Å². The van der Waals surface area contributed by atoms with Crippen LogP contribution in [0.3, 0.4) is 0 Å². The molecule has 1 aromatic heterocycles. The van der Waals surface area contributed by atoms with E-state index >= 15 is 0 Å². The summed E-state index contributed by atoms with van der Waals surface area (Å²) in [6, 6.07) is 7.66. The lowest BCUT2D eigenvalue weighted by molar-refractivity contribution is -0.681. The minimum Gasteiger partial charge on any atom is -0.493 e. The number of hydrogen-bond donors (Lipinski definition) is 2. The van der Waals surface area contributed by atoms with Gasteiger partial charge in [-0.25, -0.2) is 14.2 Å². The lowest BCUT2D eigenvalue weighted by Gasteiger charge is -2.30. The Kier molecular flexibility index (Phi) is 6.45. The topological polar surface area (TPSA) is 129 Å². The van der Waals surface area contributed by atoms with Crippen molar-refractivity contribution >= 4 is 39.1 Å². The number of methoxy groups -OCH3 is 3. The molecule has 2 N–H and O–H groups in total. The molecule has 0 radical (unpaired) electrons. The fraction of sp³-hybridized carbons (Fsp3) is 0.261. The number of quaternary nitrogens is 1. The van der Waals surface area contributed by atoms with Gasteiger partial charge in [0, 0.05) is 23.5 Å². The van der Waals surface area contributed by atoms with Gasteiger partial charge in [0.1, 0.15) is 4.90 Å². The van der Waals surface area contributed by atoms with E-state index in [0.717, 1.165) is 6.20 Å². The molecule has 0 spiro atoms. The number of carbonyl (C=O) groups is 1. The number of amides is 1. The Hall–Kier alpha value is -3.97. The zero-order valence-corrected chi connectivity index (χ0v) is 21.1. The molecular formula is C23H25FN5O6S+. The molecule has 1 aliphatic heterocycles. The molecule has 13 heteroatoms. The predicted molar refractivity (Wildman–Crippen MR) is 129 cm³/mol. The Morgan fingerprint density at radius 2 is 1.64 bits per heavy atom. The fourth-order valence-corrected chi connectivity index (χ4v) is 5.24. The fourth-order valence-electron chi connectivity index (χ4n) is 3.71. The largest absolute Gasteiger partial charge is 0.493 e. The Bertz CT molecular complexity index is 1440. The highest BCUT2D eigenvalue weighted by Gasteiger charge is 2.47. The van der Waals surface area contributed by atoms with Crippen LogP contribution in [0.25, 0.3) is 0 Å². The lowest BCUT2D eigenvalue weighted by Crippen LogP contribution is -2.53. The number of halogens is 1. The summed E-state index contributed by atoms with van der Waals surface area (Å²) in [5.74, 6) is -0.0679. The minimum absolute atomic E-state index is 0.0607. The van der Waals surface area contributed by atoms with E-state index in [0.29, 0.717) is 34.2 Å². The molecule has 1 aliphatic rings. The van der Waals surface area contributed by atoms with Crippen molar-refractivity contribution in [1.82, 2.24) is 9.97 Å². The maximum absolute atomic E-state index is 14.5. The standard InChI is InChI=1S/C23H25FN5O6S/c1-29(2)20(30)9-13-8-14(6-7-19(13)36(29,31)32)26-22-16(24)12-25-23(28-22)27-15-10-17(33-3)21(35-5)18(11-15)34-4/h6-8,10-12H,9H2,1-5H3,(H2,25,26,27,28)/q+1. The molecule has 0 aliphatic carbocycles. The molecule has 11 nitrogen and oxygen atoms in total. The van der Waals surface area contributed by atoms with Crippen molar-refractivity contribution in [3.05, 3.63) is 47.9 Å². The summed E-state index contributed by atoms with van der Waals surface area (Å²) in [5, 5.41) is 5.79. The number of nitrogens with one attached hydrogen (secondary N) is 2. The number of aromatic nitrogens is 2. The van der Waals surface area contributed by atoms with Crippen LogP contribution in [-0.4, -0.2) is 63.6 Å². The van der Waals surface area contributed by atoms with Gasteiger partial charge in [-0.1, -0.05) is 0 Å². The van der Waals surface area contributed by atoms with E-state index in [1.807, 2.05) is 0 Å². The van der Waals surface area contributed by atoms with E-state index in [2.05, 4.69) is 20.6 Å². The third-order valence-corrected chi connectivity index (χ3v) is 8.17. The van der Waals surface area contributed by atoms with Crippen LogP contribution >= 0.6 is 0 Å². The summed E-state index contributed by atoms with van der Waals surface area (Å²) < 4.78 is 55.4. The molecule has 0 unspecified atom stereocenters. The highest BCUT2D eigenvalue weighted by atomic mass is 32.2. The van der Waals surface area contributed by atoms with Crippen LogP contribution in [0.2, 0.25) is 0 Å². The molecule has 0 saturated heterocycles. The van der Waals surface area contributed by atoms with Crippen LogP contribution in [0, 0.1) is 5.82 Å². The predicted octanol–water partition coefficient (Wildman–Crippen LogP) is 2.98. The second-order valence-corrected chi connectivity index (χ2v) is 10.6. The maximum atomic E-state index is 14.5. The summed E-state index contributed by atoms with van der Waals surface area (Å²) in [5.41, 5.74) is 1.19. The van der Waals surface area contributed by atoms with Gasteiger partial charge in [0.25, 0.3) is 0 Å². The zero-order chi connectivity index (χ0) is 26.3. The number of nitrogens with zero attached hydrogens (tertiary/aromatic N) is 3. The molecule has 36 heavy (non-hydrogen) atoms. The number of sulfonamides is 1. The van der Waals surface area contributed by atoms with Crippen molar-refractivity contribution in [2.24, 2.45) is 0 Å². The highest BCUT2D eigenvalue weighted by molar-refractivity contribution is 7.86. The summed E-state index contributed by atoms with van der Waals surface area (Å²) in [6.45, 7) is 0. The van der Waals surface area contributed by atoms with E-state index in [-0.39, 0.29) is 23.1 Å². The van der Waals surface area contributed by atoms with Gasteiger partial charge in [0.15, 0.2) is 23.1 Å². The molecule has 4 rings (SSSR count). The SMILES string of the molecule is COc1cc(Nc2ncc(F)c(Nc3ccc4c(c3)CC(=O)[N+](C)(C)S4(=O)=O)n2)cc(OC)c1OC. The molecule has 2 heterocycles. The van der Waals surface area contributed by atoms with Crippen LogP contribution in [-0.2, 0) is 21.2 Å². The van der Waals surface area contributed by atoms with Gasteiger partial charge >= 0.3 is 15.9 Å². The van der Waals surface area contributed by atoms with E-state index in [1.54, 1.807) is 12.1 Å². The third kappa shape index (κ3) is 4.27. The number of rotatable bonds is 7. The first kappa shape index (κ1) is 25.1. The smallest absolute Gasteiger partial charge is 0.334 e. The normalized spacial score (nSPS) is 15.6. The molecule has 0 atom stereocenters. The number of carbonyl (C=O) groups excluding carboxylic acids is 1. The van der Waals surface area contributed by atoms with Gasteiger partial charge < -0.3 is 24.8 Å². The molecule has 2 aromatic carbocycles. The van der Waals surface area contributed by atoms with Gasteiger partial charge in [-0.15, -0.1) is 0 Å². The summed E-state index contributed by atoms with van der Waals surface area (Å²) in [7, 11) is 3.22. The maximum Gasteiger partial charge on any atom is 0.334 e. The van der Waals surface area contributed by atoms with Crippen molar-refractivity contribution < 1.29 is 35.7 Å². The Labute approximate surface area is 207 Å². The zero-order valence-electron chi connectivity index (χ0n) is 20.2. The van der Waals surface area contributed by atoms with Crippen molar-refractivity contribution in [1.29, 1.82) is 0 Å². The van der Waals surface area contributed by atoms with Crippen molar-refractivity contribution in [2.45, 2.75) is 11.3 Å². The second-order valence-electron chi connectivity index (χ2n) is 8.27. The monoisotopic (exact) mass is 518 g/mol. The van der Waals surface area contributed by atoms with E-state index in [4.69, 9.17) is 14.2 Å². The van der Waals surface area contributed by atoms with Crippen molar-refractivity contribution in [2.75, 3.05) is 46.1 Å². The number of benzene rings is 2. The van der Waals surface area contributed by atoms with Crippen molar-refractivity contribution in [3.8, 4) is 17.2 Å². The van der Waals surface area contributed by atoms with Crippen LogP contribution in [0.5, 0.6) is 17.2 Å². The Morgan fingerprint density at radius 3 is 2.25 bits per heavy atom. The van der Waals surface area contributed by atoms with Crippen LogP contribution in [0.15, 0.2) is 41.4 Å². The number of anilines is 4. The number of hydrogen-bond acceptors (Lipinski definition) is 10. The van der Waals surface area contributed by atoms with E-state index < -0.39 is 25.6 Å². The van der Waals surface area contributed by atoms with Crippen molar-refractivity contribution in [3.63, 3.8) is 0 Å². The molecular weight excluding hydrogens is 493 g/mol. The summed E-state index contributed by atoms with van der Waals surface area (Å²) in [4.78, 5) is 20.6. The molecule has 3 aromatic rings. The minimum atomic E-state index is -3.90. The van der Waals surface area contributed by atoms with Gasteiger partial charge in [-0.2, -0.15) is 17.3 Å². The Balaban J connectivity index is 1.63. The lowest BCUT2D eigenvalue weighted by atomic mass is 10.1. The van der Waals surface area contributed by atoms with Gasteiger partial charge in [-0.05, 0) is 23.8 Å². The molecule has 0 saturated carbocycles. The van der Waals surface area contributed by atoms with Crippen LogP contribution in [0.4, 0.5) is 27.5 Å². The van der Waals surface area contributed by atoms with E-state index in [9.17, 15) is 17.6 Å². The number of ether oxygens (including phenoxy) is 3. The first-order valence-corrected chi connectivity index (χ1v) is 12.1. The third-order valence-electron chi connectivity index (χ3n) is 5.81.